The van der Waals surface area contributed by atoms with E-state index in [-0.39, 0.29) is 22.3 Å². The number of aryl methyl sites for hydroxylation is 1. The third-order valence-corrected chi connectivity index (χ3v) is 5.24. The third kappa shape index (κ3) is 3.66. The van der Waals surface area contributed by atoms with Crippen LogP contribution in [0.2, 0.25) is 0 Å². The Morgan fingerprint density at radius 3 is 2.80 bits per heavy atom. The highest BCUT2D eigenvalue weighted by atomic mass is 32.2. The minimum absolute atomic E-state index is 0.0673. The van der Waals surface area contributed by atoms with Crippen molar-refractivity contribution in [3.8, 4) is 17.2 Å². The van der Waals surface area contributed by atoms with E-state index >= 15 is 0 Å². The number of phenols is 1. The van der Waals surface area contributed by atoms with Gasteiger partial charge in [0.15, 0.2) is 0 Å². The van der Waals surface area contributed by atoms with Crippen LogP contribution in [-0.2, 0) is 0 Å². The second-order valence-electron chi connectivity index (χ2n) is 5.72. The number of rotatable bonds is 3. The van der Waals surface area contributed by atoms with Crippen molar-refractivity contribution in [2.45, 2.75) is 18.6 Å². The SMILES string of the molecule is COc1ccc(O)c(C2=NCCSC(c3c(O)cc(C)oc3=O)C2)c1. The fourth-order valence-corrected chi connectivity index (χ4v) is 3.97. The normalized spacial score (nSPS) is 17.7. The fraction of sp³-hybridized carbons (Fsp3) is 0.333. The van der Waals surface area contributed by atoms with Gasteiger partial charge in [-0.1, -0.05) is 0 Å². The lowest BCUT2D eigenvalue weighted by Crippen LogP contribution is -2.14. The molecule has 1 aliphatic rings. The molecule has 1 aliphatic heterocycles. The standard InChI is InChI=1S/C18H19NO5S/c1-10-7-15(21)17(18(22)24-10)16-9-13(19-5-6-25-16)12-8-11(23-2)3-4-14(12)20/h3-4,7-8,16,20-21H,5-6,9H2,1-2H3. The van der Waals surface area contributed by atoms with Crippen LogP contribution in [0, 0.1) is 6.92 Å². The topological polar surface area (TPSA) is 92.3 Å². The average Bonchev–Trinajstić information content (AvgIpc) is 2.80. The molecule has 0 radical (unpaired) electrons. The first-order valence-corrected chi connectivity index (χ1v) is 8.90. The molecule has 2 aromatic rings. The number of benzene rings is 1. The number of hydrogen-bond donors (Lipinski definition) is 2. The van der Waals surface area contributed by atoms with E-state index < -0.39 is 5.63 Å². The van der Waals surface area contributed by atoms with E-state index in [2.05, 4.69) is 4.99 Å². The van der Waals surface area contributed by atoms with Crippen LogP contribution in [-0.4, -0.2) is 35.3 Å². The Labute approximate surface area is 149 Å². The Bertz CT molecular complexity index is 874. The van der Waals surface area contributed by atoms with Crippen LogP contribution >= 0.6 is 11.8 Å². The van der Waals surface area contributed by atoms with Crippen LogP contribution in [0.1, 0.15) is 28.6 Å². The molecule has 0 fully saturated rings. The smallest absolute Gasteiger partial charge is 0.344 e. The van der Waals surface area contributed by atoms with Gasteiger partial charge in [0.1, 0.15) is 23.0 Å². The van der Waals surface area contributed by atoms with Crippen LogP contribution in [0.15, 0.2) is 38.5 Å². The minimum Gasteiger partial charge on any atom is -0.507 e. The predicted octanol–water partition coefficient (Wildman–Crippen LogP) is 3.04. The molecule has 0 amide bonds. The van der Waals surface area contributed by atoms with E-state index in [4.69, 9.17) is 9.15 Å². The van der Waals surface area contributed by atoms with Crippen molar-refractivity contribution in [2.75, 3.05) is 19.4 Å². The summed E-state index contributed by atoms with van der Waals surface area (Å²) < 4.78 is 10.4. The van der Waals surface area contributed by atoms with Gasteiger partial charge < -0.3 is 19.4 Å². The van der Waals surface area contributed by atoms with Crippen molar-refractivity contribution in [3.05, 3.63) is 51.6 Å². The van der Waals surface area contributed by atoms with E-state index in [1.807, 2.05) is 0 Å². The highest BCUT2D eigenvalue weighted by Crippen LogP contribution is 2.39. The molecule has 2 heterocycles. The molecule has 0 aliphatic carbocycles. The van der Waals surface area contributed by atoms with E-state index in [0.717, 1.165) is 0 Å². The summed E-state index contributed by atoms with van der Waals surface area (Å²) in [4.78, 5) is 16.8. The number of thioether (sulfide) groups is 1. The number of ether oxygens (including phenoxy) is 1. The Morgan fingerprint density at radius 2 is 2.08 bits per heavy atom. The van der Waals surface area contributed by atoms with Crippen molar-refractivity contribution in [3.63, 3.8) is 0 Å². The molecule has 2 N–H and O–H groups in total. The molecule has 6 nitrogen and oxygen atoms in total. The zero-order valence-corrected chi connectivity index (χ0v) is 14.8. The monoisotopic (exact) mass is 361 g/mol. The summed E-state index contributed by atoms with van der Waals surface area (Å²) in [6.07, 6.45) is 0.396. The molecule has 3 rings (SSSR count). The van der Waals surface area contributed by atoms with Gasteiger partial charge in [-0.05, 0) is 25.1 Å². The van der Waals surface area contributed by atoms with E-state index in [1.54, 1.807) is 32.2 Å². The molecular formula is C18H19NO5S. The number of phenolic OH excluding ortho intramolecular Hbond substituents is 1. The molecule has 1 aromatic carbocycles. The van der Waals surface area contributed by atoms with Gasteiger partial charge in [-0.15, -0.1) is 0 Å². The van der Waals surface area contributed by atoms with Crippen molar-refractivity contribution in [2.24, 2.45) is 4.99 Å². The first-order chi connectivity index (χ1) is 12.0. The van der Waals surface area contributed by atoms with Gasteiger partial charge >= 0.3 is 5.63 Å². The molecule has 0 saturated carbocycles. The van der Waals surface area contributed by atoms with Crippen molar-refractivity contribution in [1.82, 2.24) is 0 Å². The van der Waals surface area contributed by atoms with Crippen LogP contribution in [0.4, 0.5) is 0 Å². The molecule has 25 heavy (non-hydrogen) atoms. The number of nitrogens with zero attached hydrogens (tertiary/aromatic N) is 1. The lowest BCUT2D eigenvalue weighted by Gasteiger charge is -2.16. The quantitative estimate of drug-likeness (QED) is 0.873. The molecule has 0 saturated heterocycles. The fourth-order valence-electron chi connectivity index (χ4n) is 2.83. The Hall–Kier alpha value is -2.41. The van der Waals surface area contributed by atoms with Gasteiger partial charge in [0.2, 0.25) is 0 Å². The number of aliphatic imine (C=N–C) groups is 1. The van der Waals surface area contributed by atoms with Crippen LogP contribution < -0.4 is 10.4 Å². The minimum atomic E-state index is -0.536. The molecular weight excluding hydrogens is 342 g/mol. The zero-order chi connectivity index (χ0) is 18.0. The zero-order valence-electron chi connectivity index (χ0n) is 14.0. The number of hydrogen-bond acceptors (Lipinski definition) is 7. The summed E-state index contributed by atoms with van der Waals surface area (Å²) in [5.74, 6) is 1.71. The maximum Gasteiger partial charge on any atom is 0.344 e. The van der Waals surface area contributed by atoms with Gasteiger partial charge in [0, 0.05) is 41.3 Å². The number of methoxy groups -OCH3 is 1. The summed E-state index contributed by atoms with van der Waals surface area (Å²) >= 11 is 1.54. The van der Waals surface area contributed by atoms with Crippen molar-refractivity contribution < 1.29 is 19.4 Å². The van der Waals surface area contributed by atoms with Gasteiger partial charge in [-0.2, -0.15) is 11.8 Å². The Kier molecular flexibility index (Phi) is 5.03. The van der Waals surface area contributed by atoms with Crippen molar-refractivity contribution >= 4 is 17.5 Å². The number of aromatic hydroxyl groups is 2. The maximum atomic E-state index is 12.2. The van der Waals surface area contributed by atoms with E-state index in [9.17, 15) is 15.0 Å². The molecule has 1 aromatic heterocycles. The Morgan fingerprint density at radius 1 is 1.28 bits per heavy atom. The summed E-state index contributed by atoms with van der Waals surface area (Å²) in [6.45, 7) is 2.18. The van der Waals surface area contributed by atoms with Gasteiger partial charge in [-0.3, -0.25) is 4.99 Å². The second-order valence-corrected chi connectivity index (χ2v) is 7.03. The molecule has 7 heteroatoms. The second kappa shape index (κ2) is 7.23. The Balaban J connectivity index is 1.99. The van der Waals surface area contributed by atoms with Crippen LogP contribution in [0.25, 0.3) is 0 Å². The summed E-state index contributed by atoms with van der Waals surface area (Å²) in [5.41, 5.74) is 0.951. The molecule has 1 atom stereocenters. The predicted molar refractivity (Wildman–Crippen MR) is 97.3 cm³/mol. The highest BCUT2D eigenvalue weighted by molar-refractivity contribution is 7.99. The molecule has 0 spiro atoms. The molecule has 1 unspecified atom stereocenters. The summed E-state index contributed by atoms with van der Waals surface area (Å²) in [7, 11) is 1.55. The maximum absolute atomic E-state index is 12.2. The van der Waals surface area contributed by atoms with Crippen molar-refractivity contribution in [1.29, 1.82) is 0 Å². The third-order valence-electron chi connectivity index (χ3n) is 4.02. The van der Waals surface area contributed by atoms with E-state index in [1.165, 1.54) is 17.8 Å². The lowest BCUT2D eigenvalue weighted by atomic mass is 10.0. The van der Waals surface area contributed by atoms with Gasteiger partial charge in [0.25, 0.3) is 0 Å². The lowest BCUT2D eigenvalue weighted by molar-refractivity contribution is 0.412. The highest BCUT2D eigenvalue weighted by Gasteiger charge is 2.26. The summed E-state index contributed by atoms with van der Waals surface area (Å²) in [6, 6.07) is 6.39. The first kappa shape index (κ1) is 17.4. The molecule has 132 valence electrons. The van der Waals surface area contributed by atoms with E-state index in [0.29, 0.717) is 41.5 Å². The average molecular weight is 361 g/mol. The molecule has 0 bridgehead atoms. The largest absolute Gasteiger partial charge is 0.507 e. The van der Waals surface area contributed by atoms with Gasteiger partial charge in [-0.25, -0.2) is 4.79 Å². The van der Waals surface area contributed by atoms with Gasteiger partial charge in [0.05, 0.1) is 12.7 Å². The van der Waals surface area contributed by atoms with Crippen LogP contribution in [0.3, 0.4) is 0 Å². The first-order valence-electron chi connectivity index (χ1n) is 7.85. The summed E-state index contributed by atoms with van der Waals surface area (Å²) in [5, 5.41) is 20.1. The van der Waals surface area contributed by atoms with Crippen LogP contribution in [0.5, 0.6) is 17.2 Å².